The van der Waals surface area contributed by atoms with E-state index in [0.717, 1.165) is 62.0 Å². The maximum Gasteiger partial charge on any atom is 0.237 e. The van der Waals surface area contributed by atoms with E-state index in [1.807, 2.05) is 29.2 Å². The third kappa shape index (κ3) is 5.32. The van der Waals surface area contributed by atoms with Crippen LogP contribution in [-0.2, 0) is 24.3 Å². The largest absolute Gasteiger partial charge is 0.493 e. The first-order valence-electron chi connectivity index (χ1n) is 10.8. The third-order valence-corrected chi connectivity index (χ3v) is 6.47. The van der Waals surface area contributed by atoms with Crippen molar-refractivity contribution in [2.45, 2.75) is 19.5 Å². The van der Waals surface area contributed by atoms with Crippen molar-refractivity contribution in [3.63, 3.8) is 0 Å². The molecule has 0 spiro atoms. The van der Waals surface area contributed by atoms with Gasteiger partial charge in [-0.2, -0.15) is 0 Å². The van der Waals surface area contributed by atoms with E-state index in [2.05, 4.69) is 21.9 Å². The Kier molecular flexibility index (Phi) is 7.00. The molecule has 0 radical (unpaired) electrons. The number of carbonyl (C=O) groups excluding carboxylic acids is 1. The lowest BCUT2D eigenvalue weighted by Crippen LogP contribution is -2.50. The summed E-state index contributed by atoms with van der Waals surface area (Å²) in [5.74, 6) is 1.66. The number of halogens is 1. The molecule has 2 aliphatic heterocycles. The van der Waals surface area contributed by atoms with Crippen LogP contribution in [0.1, 0.15) is 16.7 Å². The molecule has 2 aromatic rings. The van der Waals surface area contributed by atoms with Crippen molar-refractivity contribution in [2.75, 3.05) is 53.5 Å². The standard InChI is InChI=1S/C24H30ClN3O3/c1-30-22-13-19-7-8-28(16-20(19)14-23(22)31-2)24(29)17-27-11-9-26(10-12-27)15-18-3-5-21(25)6-4-18/h3-6,13-14H,7-12,15-17H2,1-2H3. The van der Waals surface area contributed by atoms with Gasteiger partial charge in [0.05, 0.1) is 20.8 Å². The summed E-state index contributed by atoms with van der Waals surface area (Å²) in [4.78, 5) is 19.6. The van der Waals surface area contributed by atoms with Crippen LogP contribution in [0.25, 0.3) is 0 Å². The molecule has 2 heterocycles. The number of nitrogens with zero attached hydrogens (tertiary/aromatic N) is 3. The molecule has 4 rings (SSSR count). The van der Waals surface area contributed by atoms with E-state index in [4.69, 9.17) is 21.1 Å². The number of rotatable bonds is 6. The van der Waals surface area contributed by atoms with Crippen molar-refractivity contribution in [3.05, 3.63) is 58.1 Å². The number of hydrogen-bond acceptors (Lipinski definition) is 5. The van der Waals surface area contributed by atoms with Crippen LogP contribution in [-0.4, -0.2) is 74.1 Å². The van der Waals surface area contributed by atoms with Crippen LogP contribution < -0.4 is 9.47 Å². The molecule has 0 aliphatic carbocycles. The highest BCUT2D eigenvalue weighted by Crippen LogP contribution is 2.33. The highest BCUT2D eigenvalue weighted by Gasteiger charge is 2.25. The highest BCUT2D eigenvalue weighted by molar-refractivity contribution is 6.30. The summed E-state index contributed by atoms with van der Waals surface area (Å²) in [7, 11) is 3.29. The molecule has 0 saturated carbocycles. The summed E-state index contributed by atoms with van der Waals surface area (Å²) in [6.45, 7) is 6.54. The Bertz CT molecular complexity index is 911. The molecule has 2 aromatic carbocycles. The Balaban J connectivity index is 1.28. The van der Waals surface area contributed by atoms with Gasteiger partial charge in [0.15, 0.2) is 11.5 Å². The summed E-state index contributed by atoms with van der Waals surface area (Å²) in [6.07, 6.45) is 0.844. The van der Waals surface area contributed by atoms with E-state index in [0.29, 0.717) is 18.8 Å². The van der Waals surface area contributed by atoms with Crippen LogP contribution in [0.4, 0.5) is 0 Å². The van der Waals surface area contributed by atoms with E-state index < -0.39 is 0 Å². The highest BCUT2D eigenvalue weighted by atomic mass is 35.5. The number of methoxy groups -OCH3 is 2. The second-order valence-electron chi connectivity index (χ2n) is 8.22. The molecular formula is C24H30ClN3O3. The Morgan fingerprint density at radius 3 is 2.16 bits per heavy atom. The van der Waals surface area contributed by atoms with Crippen molar-refractivity contribution in [2.24, 2.45) is 0 Å². The zero-order chi connectivity index (χ0) is 21.8. The number of carbonyl (C=O) groups is 1. The molecule has 0 unspecified atom stereocenters. The molecule has 1 amide bonds. The van der Waals surface area contributed by atoms with Gasteiger partial charge in [-0.15, -0.1) is 0 Å². The smallest absolute Gasteiger partial charge is 0.237 e. The Morgan fingerprint density at radius 2 is 1.52 bits per heavy atom. The van der Waals surface area contributed by atoms with E-state index in [1.54, 1.807) is 14.2 Å². The fourth-order valence-electron chi connectivity index (χ4n) is 4.34. The number of benzene rings is 2. The van der Waals surface area contributed by atoms with Crippen LogP contribution in [0.5, 0.6) is 11.5 Å². The van der Waals surface area contributed by atoms with E-state index in [-0.39, 0.29) is 5.91 Å². The lowest BCUT2D eigenvalue weighted by atomic mass is 9.98. The summed E-state index contributed by atoms with van der Waals surface area (Å²) >= 11 is 5.97. The minimum Gasteiger partial charge on any atom is -0.493 e. The topological polar surface area (TPSA) is 45.3 Å². The lowest BCUT2D eigenvalue weighted by molar-refractivity contribution is -0.133. The molecule has 166 valence electrons. The van der Waals surface area contributed by atoms with Crippen LogP contribution >= 0.6 is 11.6 Å². The quantitative estimate of drug-likeness (QED) is 0.686. The number of ether oxygens (including phenoxy) is 2. The minimum absolute atomic E-state index is 0.201. The molecule has 0 atom stereocenters. The maximum absolute atomic E-state index is 13.0. The monoisotopic (exact) mass is 443 g/mol. The van der Waals surface area contributed by atoms with E-state index in [1.165, 1.54) is 11.1 Å². The first kappa shape index (κ1) is 21.9. The summed E-state index contributed by atoms with van der Waals surface area (Å²) in [5, 5.41) is 0.769. The van der Waals surface area contributed by atoms with Crippen LogP contribution in [0.3, 0.4) is 0 Å². The summed E-state index contributed by atoms with van der Waals surface area (Å²) in [6, 6.07) is 12.1. The second kappa shape index (κ2) is 9.90. The molecule has 0 aromatic heterocycles. The Labute approximate surface area is 189 Å². The van der Waals surface area contributed by atoms with Gasteiger partial charge in [0.25, 0.3) is 0 Å². The molecule has 1 saturated heterocycles. The van der Waals surface area contributed by atoms with Crippen molar-refractivity contribution in [1.29, 1.82) is 0 Å². The van der Waals surface area contributed by atoms with Gasteiger partial charge in [-0.25, -0.2) is 0 Å². The van der Waals surface area contributed by atoms with E-state index >= 15 is 0 Å². The Hall–Kier alpha value is -2.28. The molecule has 31 heavy (non-hydrogen) atoms. The molecule has 7 heteroatoms. The van der Waals surface area contributed by atoms with Crippen LogP contribution in [0, 0.1) is 0 Å². The van der Waals surface area contributed by atoms with Crippen molar-refractivity contribution in [3.8, 4) is 11.5 Å². The van der Waals surface area contributed by atoms with Crippen molar-refractivity contribution >= 4 is 17.5 Å². The van der Waals surface area contributed by atoms with Gasteiger partial charge in [-0.05, 0) is 47.4 Å². The minimum atomic E-state index is 0.201. The van der Waals surface area contributed by atoms with Crippen molar-refractivity contribution in [1.82, 2.24) is 14.7 Å². The molecule has 1 fully saturated rings. The zero-order valence-corrected chi connectivity index (χ0v) is 19.0. The lowest BCUT2D eigenvalue weighted by Gasteiger charge is -2.36. The Morgan fingerprint density at radius 1 is 0.903 bits per heavy atom. The zero-order valence-electron chi connectivity index (χ0n) is 18.3. The van der Waals surface area contributed by atoms with E-state index in [9.17, 15) is 4.79 Å². The van der Waals surface area contributed by atoms with Gasteiger partial charge in [0, 0.05) is 50.8 Å². The molecule has 6 nitrogen and oxygen atoms in total. The maximum atomic E-state index is 13.0. The molecular weight excluding hydrogens is 414 g/mol. The van der Waals surface area contributed by atoms with Gasteiger partial charge in [-0.3, -0.25) is 14.6 Å². The fraction of sp³-hybridized carbons (Fsp3) is 0.458. The average molecular weight is 444 g/mol. The molecule has 0 N–H and O–H groups in total. The third-order valence-electron chi connectivity index (χ3n) is 6.21. The van der Waals surface area contributed by atoms with Crippen LogP contribution in [0.2, 0.25) is 5.02 Å². The van der Waals surface area contributed by atoms with Gasteiger partial charge in [0.1, 0.15) is 0 Å². The average Bonchev–Trinajstić information content (AvgIpc) is 2.80. The normalized spacial score (nSPS) is 17.3. The van der Waals surface area contributed by atoms with Crippen LogP contribution in [0.15, 0.2) is 36.4 Å². The van der Waals surface area contributed by atoms with Gasteiger partial charge < -0.3 is 14.4 Å². The molecule has 2 aliphatic rings. The predicted octanol–water partition coefficient (Wildman–Crippen LogP) is 3.06. The summed E-state index contributed by atoms with van der Waals surface area (Å²) < 4.78 is 10.8. The van der Waals surface area contributed by atoms with Crippen molar-refractivity contribution < 1.29 is 14.3 Å². The first-order valence-corrected chi connectivity index (χ1v) is 11.1. The number of hydrogen-bond donors (Lipinski definition) is 0. The number of amides is 1. The van der Waals surface area contributed by atoms with Gasteiger partial charge in [-0.1, -0.05) is 23.7 Å². The second-order valence-corrected chi connectivity index (χ2v) is 8.66. The SMILES string of the molecule is COc1cc2c(cc1OC)CN(C(=O)CN1CCN(Cc3ccc(Cl)cc3)CC1)CC2. The van der Waals surface area contributed by atoms with Gasteiger partial charge in [0.2, 0.25) is 5.91 Å². The first-order chi connectivity index (χ1) is 15.1. The number of fused-ring (bicyclic) bond motifs is 1. The number of piperazine rings is 1. The fourth-order valence-corrected chi connectivity index (χ4v) is 4.47. The van der Waals surface area contributed by atoms with Gasteiger partial charge >= 0.3 is 0 Å². The summed E-state index contributed by atoms with van der Waals surface area (Å²) in [5.41, 5.74) is 3.65. The predicted molar refractivity (Wildman–Crippen MR) is 122 cm³/mol. The molecule has 0 bridgehead atoms.